The summed E-state index contributed by atoms with van der Waals surface area (Å²) >= 11 is 3.25. The van der Waals surface area contributed by atoms with Crippen molar-refractivity contribution < 1.29 is 14.0 Å². The molecular formula is C29H37BrFN5O2. The molecule has 0 atom stereocenters. The predicted octanol–water partition coefficient (Wildman–Crippen LogP) is 7.25. The maximum atomic E-state index is 13.2. The number of carbonyl (C=O) groups is 2. The fourth-order valence-corrected chi connectivity index (χ4v) is 3.44. The van der Waals surface area contributed by atoms with Crippen molar-refractivity contribution in [3.05, 3.63) is 87.8 Å². The molecule has 7 nitrogen and oxygen atoms in total. The lowest BCUT2D eigenvalue weighted by atomic mass is 10.1. The molecule has 0 saturated carbocycles. The number of aldehydes is 1. The van der Waals surface area contributed by atoms with Gasteiger partial charge in [0.2, 0.25) is 0 Å². The van der Waals surface area contributed by atoms with Crippen LogP contribution in [0, 0.1) is 11.2 Å². The van der Waals surface area contributed by atoms with Crippen LogP contribution in [0.2, 0.25) is 0 Å². The van der Waals surface area contributed by atoms with Crippen LogP contribution in [0.25, 0.3) is 0 Å². The van der Waals surface area contributed by atoms with Crippen LogP contribution >= 0.6 is 15.9 Å². The Labute approximate surface area is 233 Å². The maximum Gasteiger partial charge on any atom is 0.259 e. The quantitative estimate of drug-likeness (QED) is 0.106. The lowest BCUT2D eigenvalue weighted by Crippen LogP contribution is -2.27. The van der Waals surface area contributed by atoms with Crippen molar-refractivity contribution in [3.63, 3.8) is 0 Å². The second kappa shape index (κ2) is 17.8. The van der Waals surface area contributed by atoms with Crippen LogP contribution < -0.4 is 10.6 Å². The van der Waals surface area contributed by atoms with E-state index in [1.165, 1.54) is 31.0 Å². The Kier molecular flexibility index (Phi) is 15.2. The van der Waals surface area contributed by atoms with Crippen LogP contribution in [-0.2, 0) is 0 Å². The van der Waals surface area contributed by atoms with E-state index < -0.39 is 11.7 Å². The Balaban J connectivity index is 0.000000359. The Morgan fingerprint density at radius 1 is 1.11 bits per heavy atom. The molecule has 0 fully saturated rings. The minimum absolute atomic E-state index is 0.229. The zero-order chi connectivity index (χ0) is 28.5. The number of benzene rings is 2. The zero-order valence-corrected chi connectivity index (χ0v) is 24.2. The summed E-state index contributed by atoms with van der Waals surface area (Å²) in [6.07, 6.45) is 5.89. The van der Waals surface area contributed by atoms with Crippen LogP contribution in [0.1, 0.15) is 66.3 Å². The molecule has 0 aliphatic carbocycles. The molecule has 3 rings (SSSR count). The van der Waals surface area contributed by atoms with Crippen molar-refractivity contribution in [1.82, 2.24) is 9.88 Å². The van der Waals surface area contributed by atoms with Gasteiger partial charge in [0.1, 0.15) is 23.8 Å². The van der Waals surface area contributed by atoms with Crippen LogP contribution in [0.3, 0.4) is 0 Å². The molecule has 0 radical (unpaired) electrons. The first kappa shape index (κ1) is 32.4. The highest BCUT2D eigenvalue weighted by molar-refractivity contribution is 9.10. The van der Waals surface area contributed by atoms with E-state index in [0.717, 1.165) is 29.3 Å². The highest BCUT2D eigenvalue weighted by atomic mass is 79.9. The summed E-state index contributed by atoms with van der Waals surface area (Å²) < 4.78 is 14.0. The van der Waals surface area contributed by atoms with Gasteiger partial charge in [-0.25, -0.2) is 9.37 Å². The van der Waals surface area contributed by atoms with Crippen molar-refractivity contribution >= 4 is 45.5 Å². The van der Waals surface area contributed by atoms with Crippen LogP contribution in [0.15, 0.2) is 65.3 Å². The predicted molar refractivity (Wildman–Crippen MR) is 158 cm³/mol. The van der Waals surface area contributed by atoms with Crippen LogP contribution in [0.4, 0.5) is 15.9 Å². The summed E-state index contributed by atoms with van der Waals surface area (Å²) in [5, 5.41) is 13.5. The number of hydrogen-bond acceptors (Lipinski definition) is 5. The standard InChI is InChI=1S/C14H20N2O.C13H11BrFN3O.C2H6/c1-3-4-5-10-16(2)14(15)13-8-6-12(11-17)7-9-13;1-16-11-4-3-9(15)6-10(11)13(19)18-12-5-2-8(14)7-17-12;1-2/h6-9,11,15H,3-5,10H2,1-2H3;2-7,16H,1H3,(H,17,18,19);1-2H3. The van der Waals surface area contributed by atoms with Gasteiger partial charge in [-0.05, 0) is 52.7 Å². The number of amides is 1. The van der Waals surface area contributed by atoms with Gasteiger partial charge >= 0.3 is 0 Å². The molecule has 3 N–H and O–H groups in total. The number of anilines is 2. The van der Waals surface area contributed by atoms with Gasteiger partial charge in [-0.15, -0.1) is 0 Å². The summed E-state index contributed by atoms with van der Waals surface area (Å²) in [5.74, 6) is 0.0321. The largest absolute Gasteiger partial charge is 0.387 e. The number of carbonyl (C=O) groups excluding carboxylic acids is 2. The van der Waals surface area contributed by atoms with Crippen LogP contribution in [0.5, 0.6) is 0 Å². The number of halogens is 2. The average molecular weight is 587 g/mol. The minimum Gasteiger partial charge on any atom is -0.387 e. The first-order valence-electron chi connectivity index (χ1n) is 12.5. The number of nitrogens with zero attached hydrogens (tertiary/aromatic N) is 2. The van der Waals surface area contributed by atoms with Crippen molar-refractivity contribution in [2.75, 3.05) is 31.3 Å². The Morgan fingerprint density at radius 2 is 1.79 bits per heavy atom. The molecule has 9 heteroatoms. The number of hydrogen-bond donors (Lipinski definition) is 3. The smallest absolute Gasteiger partial charge is 0.259 e. The molecule has 0 unspecified atom stereocenters. The van der Waals surface area contributed by atoms with E-state index in [4.69, 9.17) is 5.41 Å². The van der Waals surface area contributed by atoms with Gasteiger partial charge in [0, 0.05) is 48.1 Å². The van der Waals surface area contributed by atoms with Crippen molar-refractivity contribution in [3.8, 4) is 0 Å². The summed E-state index contributed by atoms with van der Waals surface area (Å²) in [7, 11) is 3.60. The lowest BCUT2D eigenvalue weighted by molar-refractivity contribution is 0.102. The van der Waals surface area contributed by atoms with E-state index in [9.17, 15) is 14.0 Å². The Bertz CT molecular complexity index is 1150. The third kappa shape index (κ3) is 10.8. The highest BCUT2D eigenvalue weighted by Crippen LogP contribution is 2.18. The average Bonchev–Trinajstić information content (AvgIpc) is 2.95. The molecule has 204 valence electrons. The van der Waals surface area contributed by atoms with Gasteiger partial charge in [-0.1, -0.05) is 57.9 Å². The third-order valence-corrected chi connectivity index (χ3v) is 5.73. The number of aromatic nitrogens is 1. The van der Waals surface area contributed by atoms with Gasteiger partial charge in [0.15, 0.2) is 0 Å². The topological polar surface area (TPSA) is 98.2 Å². The fraction of sp³-hybridized carbons (Fsp3) is 0.310. The van der Waals surface area contributed by atoms with Crippen LogP contribution in [-0.4, -0.2) is 48.6 Å². The van der Waals surface area contributed by atoms with E-state index in [2.05, 4.69) is 38.5 Å². The molecule has 38 heavy (non-hydrogen) atoms. The van der Waals surface area contributed by atoms with Gasteiger partial charge in [0.25, 0.3) is 5.91 Å². The van der Waals surface area contributed by atoms with Gasteiger partial charge in [-0.2, -0.15) is 0 Å². The molecule has 0 bridgehead atoms. The number of amidine groups is 1. The molecule has 1 amide bonds. The number of pyridine rings is 1. The van der Waals surface area contributed by atoms with Crippen molar-refractivity contribution in [2.24, 2.45) is 0 Å². The summed E-state index contributed by atoms with van der Waals surface area (Å²) in [6, 6.07) is 14.5. The lowest BCUT2D eigenvalue weighted by Gasteiger charge is -2.19. The molecule has 0 spiro atoms. The van der Waals surface area contributed by atoms with E-state index >= 15 is 0 Å². The molecular weight excluding hydrogens is 549 g/mol. The van der Waals surface area contributed by atoms with E-state index in [1.54, 1.807) is 37.5 Å². The SMILES string of the molecule is CC.CCCCCN(C)C(=N)c1ccc(C=O)cc1.CNc1ccc(F)cc1C(=O)Nc1ccc(Br)cn1. The Hall–Kier alpha value is -3.59. The molecule has 2 aromatic carbocycles. The van der Waals surface area contributed by atoms with Gasteiger partial charge in [0.05, 0.1) is 5.56 Å². The monoisotopic (exact) mass is 585 g/mol. The van der Waals surface area contributed by atoms with Gasteiger partial charge in [-0.3, -0.25) is 15.0 Å². The number of unbranched alkanes of at least 4 members (excludes halogenated alkanes) is 2. The van der Waals surface area contributed by atoms with E-state index in [-0.39, 0.29) is 5.56 Å². The normalized spacial score (nSPS) is 9.66. The first-order chi connectivity index (χ1) is 18.3. The molecule has 0 aliphatic heterocycles. The summed E-state index contributed by atoms with van der Waals surface area (Å²) in [4.78, 5) is 28.6. The van der Waals surface area contributed by atoms with Crippen molar-refractivity contribution in [2.45, 2.75) is 40.0 Å². The number of rotatable bonds is 9. The number of nitrogens with one attached hydrogen (secondary N) is 3. The molecule has 1 heterocycles. The third-order valence-electron chi connectivity index (χ3n) is 5.26. The summed E-state index contributed by atoms with van der Waals surface area (Å²) in [6.45, 7) is 7.07. The fourth-order valence-electron chi connectivity index (χ4n) is 3.21. The Morgan fingerprint density at radius 3 is 2.34 bits per heavy atom. The maximum absolute atomic E-state index is 13.2. The summed E-state index contributed by atoms with van der Waals surface area (Å²) in [5.41, 5.74) is 2.29. The molecule has 0 aliphatic rings. The molecule has 1 aromatic heterocycles. The molecule has 3 aromatic rings. The second-order valence-electron chi connectivity index (χ2n) is 7.97. The van der Waals surface area contributed by atoms with Gasteiger partial charge < -0.3 is 15.5 Å². The van der Waals surface area contributed by atoms with Crippen molar-refractivity contribution in [1.29, 1.82) is 5.41 Å². The van der Waals surface area contributed by atoms with E-state index in [0.29, 0.717) is 22.9 Å². The first-order valence-corrected chi connectivity index (χ1v) is 13.3. The zero-order valence-electron chi connectivity index (χ0n) is 22.6. The minimum atomic E-state index is -0.465. The highest BCUT2D eigenvalue weighted by Gasteiger charge is 2.12. The van der Waals surface area contributed by atoms with E-state index in [1.807, 2.05) is 37.9 Å². The molecule has 0 saturated heterocycles. The second-order valence-corrected chi connectivity index (χ2v) is 8.89.